The third-order valence-electron chi connectivity index (χ3n) is 12.3. The first kappa shape index (κ1) is 34.2. The van der Waals surface area contributed by atoms with E-state index in [1.807, 2.05) is 6.08 Å². The number of halogens is 5. The monoisotopic (exact) mass is 620 g/mol. The molecule has 0 aromatic rings. The number of unbranched alkanes of at least 4 members (excludes halogenated alkanes) is 6. The highest BCUT2D eigenvalue weighted by Gasteiger charge is 2.64. The lowest BCUT2D eigenvalue weighted by molar-refractivity contribution is -0.284. The summed E-state index contributed by atoms with van der Waals surface area (Å²) < 4.78 is 62.5. The quantitative estimate of drug-likeness (QED) is 0.155. The van der Waals surface area contributed by atoms with Crippen LogP contribution in [0.2, 0.25) is 0 Å². The number of carbonyl (C=O) groups is 1. The maximum atomic E-state index is 12.9. The van der Waals surface area contributed by atoms with Crippen molar-refractivity contribution in [1.82, 2.24) is 0 Å². The molecule has 0 saturated heterocycles. The van der Waals surface area contributed by atoms with Crippen LogP contribution in [0.25, 0.3) is 0 Å². The molecule has 4 aliphatic carbocycles. The Morgan fingerprint density at radius 1 is 0.857 bits per heavy atom. The van der Waals surface area contributed by atoms with E-state index in [1.54, 1.807) is 0 Å². The van der Waals surface area contributed by atoms with Gasteiger partial charge in [-0.25, -0.2) is 0 Å². The molecule has 3 fully saturated rings. The van der Waals surface area contributed by atoms with Crippen molar-refractivity contribution in [3.8, 4) is 0 Å². The molecule has 0 heterocycles. The Labute approximate surface area is 254 Å². The van der Waals surface area contributed by atoms with E-state index in [0.717, 1.165) is 63.5 Å². The molecule has 3 saturated carbocycles. The first-order chi connectivity index (χ1) is 19.6. The maximum absolute atomic E-state index is 12.9. The van der Waals surface area contributed by atoms with E-state index in [0.29, 0.717) is 41.6 Å². The van der Waals surface area contributed by atoms with Gasteiger partial charge < -0.3 is 5.11 Å². The minimum absolute atomic E-state index is 0.0130. The van der Waals surface area contributed by atoms with Crippen molar-refractivity contribution in [2.75, 3.05) is 11.5 Å². The number of fused-ring (bicyclic) bond motifs is 5. The molecule has 0 aromatic heterocycles. The van der Waals surface area contributed by atoms with Crippen molar-refractivity contribution in [2.45, 2.75) is 148 Å². The zero-order valence-electron chi connectivity index (χ0n) is 26.0. The van der Waals surface area contributed by atoms with Crippen molar-refractivity contribution in [3.63, 3.8) is 0 Å². The molecular weight excluding hydrogens is 567 g/mol. The summed E-state index contributed by atoms with van der Waals surface area (Å²) in [6.07, 6.45) is 11.4. The molecule has 0 aromatic carbocycles. The molecule has 2 nitrogen and oxygen atoms in total. The van der Waals surface area contributed by atoms with Crippen molar-refractivity contribution >= 4 is 17.5 Å². The first-order valence-corrected chi connectivity index (χ1v) is 17.8. The molecule has 0 aliphatic heterocycles. The highest BCUT2D eigenvalue weighted by molar-refractivity contribution is 7.99. The van der Waals surface area contributed by atoms with Gasteiger partial charge >= 0.3 is 12.1 Å². The van der Waals surface area contributed by atoms with E-state index in [1.165, 1.54) is 49.4 Å². The van der Waals surface area contributed by atoms with Gasteiger partial charge in [0.05, 0.1) is 5.60 Å². The van der Waals surface area contributed by atoms with Crippen LogP contribution in [0.1, 0.15) is 130 Å². The van der Waals surface area contributed by atoms with Gasteiger partial charge in [-0.2, -0.15) is 33.7 Å². The molecule has 4 rings (SSSR count). The first-order valence-electron chi connectivity index (χ1n) is 16.6. The lowest BCUT2D eigenvalue weighted by Crippen LogP contribution is -2.56. The highest BCUT2D eigenvalue weighted by atomic mass is 32.2. The van der Waals surface area contributed by atoms with E-state index >= 15 is 0 Å². The van der Waals surface area contributed by atoms with Gasteiger partial charge in [-0.1, -0.05) is 57.9 Å². The van der Waals surface area contributed by atoms with Crippen molar-refractivity contribution in [1.29, 1.82) is 0 Å². The SMILES string of the molecule is C[C@]12CCC(=O)C=C1C[C@@H](CCCCCCCCCSCCCC(F)(F)C(F)(F)F)C1C2CC[C@@]2(C)C1CC[C@]2(C)O. The van der Waals surface area contributed by atoms with Crippen molar-refractivity contribution in [3.05, 3.63) is 11.6 Å². The molecule has 1 N–H and O–H groups in total. The molecular formula is C34H53F5O2S. The number of carbonyl (C=O) groups excluding carboxylic acids is 1. The summed E-state index contributed by atoms with van der Waals surface area (Å²) in [6.45, 7) is 6.84. The third-order valence-corrected chi connectivity index (χ3v) is 13.4. The molecule has 4 aliphatic rings. The van der Waals surface area contributed by atoms with Gasteiger partial charge in [-0.05, 0) is 117 Å². The van der Waals surface area contributed by atoms with E-state index < -0.39 is 24.1 Å². The molecule has 7 atom stereocenters. The van der Waals surface area contributed by atoms with Crippen LogP contribution in [-0.4, -0.2) is 40.1 Å². The maximum Gasteiger partial charge on any atom is 0.453 e. The van der Waals surface area contributed by atoms with E-state index in [4.69, 9.17) is 0 Å². The van der Waals surface area contributed by atoms with Gasteiger partial charge in [0.15, 0.2) is 5.78 Å². The van der Waals surface area contributed by atoms with E-state index in [2.05, 4.69) is 20.8 Å². The zero-order chi connectivity index (χ0) is 30.8. The summed E-state index contributed by atoms with van der Waals surface area (Å²) in [7, 11) is 0. The number of rotatable bonds is 14. The number of ketones is 1. The summed E-state index contributed by atoms with van der Waals surface area (Å²) in [5, 5.41) is 11.4. The molecule has 0 spiro atoms. The van der Waals surface area contributed by atoms with Gasteiger partial charge in [0.1, 0.15) is 0 Å². The summed E-state index contributed by atoms with van der Waals surface area (Å²) in [5.41, 5.74) is 0.941. The van der Waals surface area contributed by atoms with Gasteiger partial charge in [0, 0.05) is 12.8 Å². The van der Waals surface area contributed by atoms with Crippen LogP contribution in [0.5, 0.6) is 0 Å². The lowest BCUT2D eigenvalue weighted by Gasteiger charge is -2.61. The Bertz CT molecular complexity index is 962. The normalized spacial score (nSPS) is 36.8. The van der Waals surface area contributed by atoms with Crippen LogP contribution in [0.15, 0.2) is 11.6 Å². The van der Waals surface area contributed by atoms with E-state index in [-0.39, 0.29) is 17.3 Å². The zero-order valence-corrected chi connectivity index (χ0v) is 26.8. The number of hydrogen-bond acceptors (Lipinski definition) is 3. The third kappa shape index (κ3) is 7.10. The van der Waals surface area contributed by atoms with Gasteiger partial charge in [0.25, 0.3) is 0 Å². The Morgan fingerprint density at radius 2 is 1.48 bits per heavy atom. The average molecular weight is 621 g/mol. The molecule has 0 radical (unpaired) electrons. The van der Waals surface area contributed by atoms with Crippen LogP contribution in [-0.2, 0) is 4.79 Å². The Hall–Kier alpha value is -0.630. The van der Waals surface area contributed by atoms with Crippen LogP contribution in [0.4, 0.5) is 22.0 Å². The molecule has 0 amide bonds. The van der Waals surface area contributed by atoms with Gasteiger partial charge in [0.2, 0.25) is 0 Å². The predicted octanol–water partition coefficient (Wildman–Crippen LogP) is 10.3. The topological polar surface area (TPSA) is 37.3 Å². The molecule has 42 heavy (non-hydrogen) atoms. The fraction of sp³-hybridized carbons (Fsp3) is 0.912. The number of alkyl halides is 5. The number of hydrogen-bond donors (Lipinski definition) is 1. The smallest absolute Gasteiger partial charge is 0.390 e. The van der Waals surface area contributed by atoms with Crippen LogP contribution >= 0.6 is 11.8 Å². The van der Waals surface area contributed by atoms with Crippen LogP contribution < -0.4 is 0 Å². The van der Waals surface area contributed by atoms with E-state index in [9.17, 15) is 31.9 Å². The summed E-state index contributed by atoms with van der Waals surface area (Å²) in [6, 6.07) is 0. The Morgan fingerprint density at radius 3 is 2.17 bits per heavy atom. The summed E-state index contributed by atoms with van der Waals surface area (Å²) >= 11 is 1.47. The van der Waals surface area contributed by atoms with Crippen molar-refractivity contribution in [2.24, 2.45) is 34.5 Å². The van der Waals surface area contributed by atoms with Crippen molar-refractivity contribution < 1.29 is 31.9 Å². The summed E-state index contributed by atoms with van der Waals surface area (Å²) in [5.74, 6) is -0.730. The lowest BCUT2D eigenvalue weighted by atomic mass is 9.44. The second-order valence-corrected chi connectivity index (χ2v) is 16.0. The minimum Gasteiger partial charge on any atom is -0.390 e. The summed E-state index contributed by atoms with van der Waals surface area (Å²) in [4.78, 5) is 12.4. The van der Waals surface area contributed by atoms with Gasteiger partial charge in [-0.3, -0.25) is 4.79 Å². The fourth-order valence-electron chi connectivity index (χ4n) is 9.38. The molecule has 8 heteroatoms. The largest absolute Gasteiger partial charge is 0.453 e. The number of allylic oxidation sites excluding steroid dienone is 1. The Kier molecular flexibility index (Phi) is 10.9. The Balaban J connectivity index is 1.17. The molecule has 242 valence electrons. The standard InChI is InChI=1S/C34H53F5O2S/c1-30-17-13-26(40)23-25(30)22-24(29-27(30)14-18-31(2)28(29)15-19-32(31,3)41)12-9-7-5-4-6-8-10-20-42-21-11-16-33(35,36)34(37,38)39/h23-24,27-29,41H,4-22H2,1-3H3/t24-,27?,28?,29?,30+,31+,32+/m1/s1. The predicted molar refractivity (Wildman–Crippen MR) is 161 cm³/mol. The second kappa shape index (κ2) is 13.4. The number of aliphatic hydroxyl groups is 1. The average Bonchev–Trinajstić information content (AvgIpc) is 3.15. The fourth-order valence-corrected chi connectivity index (χ4v) is 10.3. The van der Waals surface area contributed by atoms with Crippen LogP contribution in [0, 0.1) is 34.5 Å². The van der Waals surface area contributed by atoms with Gasteiger partial charge in [-0.15, -0.1) is 0 Å². The minimum atomic E-state index is -5.44. The molecule has 0 bridgehead atoms. The highest BCUT2D eigenvalue weighted by Crippen LogP contribution is 2.69. The number of thioether (sulfide) groups is 1. The molecule has 3 unspecified atom stereocenters. The van der Waals surface area contributed by atoms with Crippen LogP contribution in [0.3, 0.4) is 0 Å². The second-order valence-electron chi connectivity index (χ2n) is 14.8.